The molecule has 0 saturated carbocycles. The number of hydrogen-bond acceptors (Lipinski definition) is 4. The molecule has 2 rings (SSSR count). The summed E-state index contributed by atoms with van der Waals surface area (Å²) in [6.07, 6.45) is 0.995. The Kier molecular flexibility index (Phi) is 8.73. The fourth-order valence-corrected chi connectivity index (χ4v) is 4.31. The Morgan fingerprint density at radius 3 is 2.16 bits per heavy atom. The zero-order valence-electron chi connectivity index (χ0n) is 17.5. The van der Waals surface area contributed by atoms with Gasteiger partial charge in [0.15, 0.2) is 0 Å². The summed E-state index contributed by atoms with van der Waals surface area (Å²) in [5.41, 5.74) is 0.820. The van der Waals surface area contributed by atoms with E-state index in [1.807, 2.05) is 0 Å². The highest BCUT2D eigenvalue weighted by Crippen LogP contribution is 2.27. The van der Waals surface area contributed by atoms with Crippen LogP contribution in [0.3, 0.4) is 0 Å². The predicted octanol–water partition coefficient (Wildman–Crippen LogP) is 3.31. The summed E-state index contributed by atoms with van der Waals surface area (Å²) in [6, 6.07) is 12.5. The van der Waals surface area contributed by atoms with Crippen LogP contribution in [0.4, 0.5) is 5.69 Å². The lowest BCUT2D eigenvalue weighted by Crippen LogP contribution is -2.51. The summed E-state index contributed by atoms with van der Waals surface area (Å²) in [5, 5.41) is 3.32. The third-order valence-electron chi connectivity index (χ3n) is 4.62. The van der Waals surface area contributed by atoms with E-state index < -0.39 is 28.5 Å². The van der Waals surface area contributed by atoms with Gasteiger partial charge in [-0.2, -0.15) is 0 Å². The van der Waals surface area contributed by atoms with Gasteiger partial charge in [0.25, 0.3) is 0 Å². The van der Waals surface area contributed by atoms with Crippen LogP contribution in [0.25, 0.3) is 0 Å². The molecule has 0 aliphatic carbocycles. The van der Waals surface area contributed by atoms with E-state index in [1.54, 1.807) is 56.3 Å². The van der Waals surface area contributed by atoms with Crippen molar-refractivity contribution in [3.05, 3.63) is 64.1 Å². The van der Waals surface area contributed by atoms with E-state index in [0.717, 1.165) is 10.6 Å². The first-order chi connectivity index (χ1) is 14.6. The number of sulfonamides is 1. The molecule has 31 heavy (non-hydrogen) atoms. The molecule has 0 aliphatic heterocycles. The highest BCUT2D eigenvalue weighted by Gasteiger charge is 2.30. The first-order valence-electron chi connectivity index (χ1n) is 9.59. The number of benzene rings is 2. The van der Waals surface area contributed by atoms with Crippen LogP contribution in [0.1, 0.15) is 19.4 Å². The summed E-state index contributed by atoms with van der Waals surface area (Å²) < 4.78 is 25.8. The lowest BCUT2D eigenvalue weighted by atomic mass is 10.1. The lowest BCUT2D eigenvalue weighted by Gasteiger charge is -2.31. The van der Waals surface area contributed by atoms with Gasteiger partial charge in [0.1, 0.15) is 12.6 Å². The van der Waals surface area contributed by atoms with Crippen LogP contribution in [0.5, 0.6) is 0 Å². The summed E-state index contributed by atoms with van der Waals surface area (Å²) in [6.45, 7) is 3.27. The minimum Gasteiger partial charge on any atom is -0.355 e. The smallest absolute Gasteiger partial charge is 0.244 e. The van der Waals surface area contributed by atoms with Crippen LogP contribution in [0.2, 0.25) is 10.0 Å². The standard InChI is InChI=1S/C21H25Cl2N3O4S/c1-4-24-21(28)15(2)25(13-16-9-5-6-10-17(16)22)20(27)14-26(31(3,29)30)19-12-8-7-11-18(19)23/h5-12,15H,4,13-14H2,1-3H3,(H,24,28). The van der Waals surface area contributed by atoms with E-state index in [0.29, 0.717) is 17.1 Å². The third-order valence-corrected chi connectivity index (χ3v) is 6.43. The number of carbonyl (C=O) groups is 2. The zero-order valence-corrected chi connectivity index (χ0v) is 19.8. The number of likely N-dealkylation sites (N-methyl/N-ethyl adjacent to an activating group) is 1. The van der Waals surface area contributed by atoms with Crippen molar-refractivity contribution in [3.8, 4) is 0 Å². The molecule has 2 amide bonds. The molecular weight excluding hydrogens is 461 g/mol. The second-order valence-electron chi connectivity index (χ2n) is 6.90. The number of nitrogens with one attached hydrogen (secondary N) is 1. The molecule has 10 heteroatoms. The van der Waals surface area contributed by atoms with E-state index in [4.69, 9.17) is 23.2 Å². The Balaban J connectivity index is 2.41. The van der Waals surface area contributed by atoms with E-state index in [9.17, 15) is 18.0 Å². The molecule has 0 heterocycles. The van der Waals surface area contributed by atoms with E-state index in [-0.39, 0.29) is 23.2 Å². The van der Waals surface area contributed by atoms with Crippen molar-refractivity contribution in [3.63, 3.8) is 0 Å². The number of rotatable bonds is 9. The average molecular weight is 486 g/mol. The van der Waals surface area contributed by atoms with Crippen molar-refractivity contribution >= 4 is 50.7 Å². The van der Waals surface area contributed by atoms with Gasteiger partial charge in [0, 0.05) is 18.1 Å². The van der Waals surface area contributed by atoms with E-state index in [1.165, 1.54) is 11.0 Å². The van der Waals surface area contributed by atoms with Gasteiger partial charge in [-0.25, -0.2) is 8.42 Å². The average Bonchev–Trinajstić information content (AvgIpc) is 2.71. The highest BCUT2D eigenvalue weighted by atomic mass is 35.5. The molecule has 2 aromatic carbocycles. The predicted molar refractivity (Wildman–Crippen MR) is 124 cm³/mol. The Morgan fingerprint density at radius 2 is 1.61 bits per heavy atom. The molecular formula is C21H25Cl2N3O4S. The van der Waals surface area contributed by atoms with Crippen LogP contribution >= 0.6 is 23.2 Å². The molecule has 0 radical (unpaired) electrons. The Morgan fingerprint density at radius 1 is 1.03 bits per heavy atom. The van der Waals surface area contributed by atoms with Gasteiger partial charge in [-0.1, -0.05) is 53.5 Å². The zero-order chi connectivity index (χ0) is 23.2. The van der Waals surface area contributed by atoms with Crippen LogP contribution < -0.4 is 9.62 Å². The van der Waals surface area contributed by atoms with Gasteiger partial charge in [-0.3, -0.25) is 13.9 Å². The SMILES string of the molecule is CCNC(=O)C(C)N(Cc1ccccc1Cl)C(=O)CN(c1ccccc1Cl)S(C)(=O)=O. The number of halogens is 2. The van der Waals surface area contributed by atoms with Crippen LogP contribution in [-0.2, 0) is 26.2 Å². The summed E-state index contributed by atoms with van der Waals surface area (Å²) in [5.74, 6) is -0.921. The third kappa shape index (κ3) is 6.59. The van der Waals surface area contributed by atoms with E-state index >= 15 is 0 Å². The van der Waals surface area contributed by atoms with E-state index in [2.05, 4.69) is 5.32 Å². The quantitative estimate of drug-likeness (QED) is 0.589. The molecule has 0 fully saturated rings. The molecule has 0 spiro atoms. The van der Waals surface area contributed by atoms with Crippen molar-refractivity contribution in [1.29, 1.82) is 0 Å². The number of carbonyl (C=O) groups excluding carboxylic acids is 2. The molecule has 0 aromatic heterocycles. The molecule has 0 bridgehead atoms. The van der Waals surface area contributed by atoms with Gasteiger partial charge in [0.05, 0.1) is 17.0 Å². The molecule has 7 nitrogen and oxygen atoms in total. The number of amides is 2. The summed E-state index contributed by atoms with van der Waals surface area (Å²) in [4.78, 5) is 27.1. The normalized spacial score (nSPS) is 12.2. The molecule has 0 aliphatic rings. The van der Waals surface area contributed by atoms with Crippen LogP contribution in [0.15, 0.2) is 48.5 Å². The van der Waals surface area contributed by atoms with Crippen molar-refractivity contribution in [2.75, 3.05) is 23.7 Å². The minimum atomic E-state index is -3.83. The van der Waals surface area contributed by atoms with Crippen LogP contribution in [0, 0.1) is 0 Å². The maximum atomic E-state index is 13.3. The molecule has 1 unspecified atom stereocenters. The Hall–Kier alpha value is -2.29. The largest absolute Gasteiger partial charge is 0.355 e. The molecule has 1 atom stereocenters. The van der Waals surface area contributed by atoms with Crippen molar-refractivity contribution in [1.82, 2.24) is 10.2 Å². The van der Waals surface area contributed by atoms with Crippen molar-refractivity contribution < 1.29 is 18.0 Å². The first kappa shape index (κ1) is 25.0. The summed E-state index contributed by atoms with van der Waals surface area (Å²) >= 11 is 12.4. The fraction of sp³-hybridized carbons (Fsp3) is 0.333. The van der Waals surface area contributed by atoms with Gasteiger partial charge in [-0.05, 0) is 37.6 Å². The van der Waals surface area contributed by atoms with Gasteiger partial charge < -0.3 is 10.2 Å². The Labute approximate surface area is 193 Å². The van der Waals surface area contributed by atoms with Crippen molar-refractivity contribution in [2.24, 2.45) is 0 Å². The minimum absolute atomic E-state index is 0.0386. The molecule has 0 saturated heterocycles. The maximum absolute atomic E-state index is 13.3. The van der Waals surface area contributed by atoms with Gasteiger partial charge in [-0.15, -0.1) is 0 Å². The lowest BCUT2D eigenvalue weighted by molar-refractivity contribution is -0.139. The Bertz CT molecular complexity index is 1050. The first-order valence-corrected chi connectivity index (χ1v) is 12.2. The summed E-state index contributed by atoms with van der Waals surface area (Å²) in [7, 11) is -3.83. The maximum Gasteiger partial charge on any atom is 0.244 e. The number of para-hydroxylation sites is 1. The fourth-order valence-electron chi connectivity index (χ4n) is 2.96. The number of hydrogen-bond donors (Lipinski definition) is 1. The monoisotopic (exact) mass is 485 g/mol. The second-order valence-corrected chi connectivity index (χ2v) is 9.63. The van der Waals surface area contributed by atoms with Crippen LogP contribution in [-0.4, -0.2) is 50.5 Å². The van der Waals surface area contributed by atoms with Gasteiger partial charge >= 0.3 is 0 Å². The van der Waals surface area contributed by atoms with Crippen molar-refractivity contribution in [2.45, 2.75) is 26.4 Å². The number of nitrogens with zero attached hydrogens (tertiary/aromatic N) is 2. The highest BCUT2D eigenvalue weighted by molar-refractivity contribution is 7.92. The molecule has 2 aromatic rings. The second kappa shape index (κ2) is 10.8. The van der Waals surface area contributed by atoms with Gasteiger partial charge in [0.2, 0.25) is 21.8 Å². The molecule has 1 N–H and O–H groups in total. The topological polar surface area (TPSA) is 86.8 Å². The number of anilines is 1. The molecule has 168 valence electrons.